The first-order chi connectivity index (χ1) is 5.86. The highest BCUT2D eigenvalue weighted by Crippen LogP contribution is 2.21. The standard InChI is InChI=1S/C9H8ClNO/c10-8-3-1-4-9(7-8)11-5-2-6-12-11/h1-4,6-7H,5H2. The Morgan fingerprint density at radius 2 is 2.33 bits per heavy atom. The average Bonchev–Trinajstić information content (AvgIpc) is 2.56. The van der Waals surface area contributed by atoms with E-state index in [1.807, 2.05) is 30.3 Å². The van der Waals surface area contributed by atoms with Gasteiger partial charge in [-0.05, 0) is 24.3 Å². The van der Waals surface area contributed by atoms with Gasteiger partial charge in [0, 0.05) is 5.02 Å². The maximum Gasteiger partial charge on any atom is 0.117 e. The van der Waals surface area contributed by atoms with Crippen LogP contribution in [-0.2, 0) is 4.84 Å². The minimum Gasteiger partial charge on any atom is -0.387 e. The summed E-state index contributed by atoms with van der Waals surface area (Å²) in [4.78, 5) is 5.19. The number of hydrogen-bond donors (Lipinski definition) is 0. The van der Waals surface area contributed by atoms with Crippen molar-refractivity contribution in [2.75, 3.05) is 11.6 Å². The lowest BCUT2D eigenvalue weighted by atomic mass is 10.3. The maximum absolute atomic E-state index is 5.82. The molecule has 62 valence electrons. The molecule has 0 radical (unpaired) electrons. The molecule has 0 spiro atoms. The molecule has 0 saturated carbocycles. The molecule has 1 aromatic carbocycles. The zero-order valence-electron chi connectivity index (χ0n) is 6.40. The summed E-state index contributed by atoms with van der Waals surface area (Å²) < 4.78 is 0. The van der Waals surface area contributed by atoms with Crippen LogP contribution in [0.25, 0.3) is 0 Å². The van der Waals surface area contributed by atoms with Crippen molar-refractivity contribution in [2.45, 2.75) is 0 Å². The monoisotopic (exact) mass is 181 g/mol. The Bertz CT molecular complexity index is 303. The van der Waals surface area contributed by atoms with Crippen molar-refractivity contribution in [2.24, 2.45) is 0 Å². The second-order valence-corrected chi connectivity index (χ2v) is 2.95. The third-order valence-electron chi connectivity index (χ3n) is 1.65. The molecule has 1 heterocycles. The third-order valence-corrected chi connectivity index (χ3v) is 1.89. The van der Waals surface area contributed by atoms with Crippen molar-refractivity contribution in [3.8, 4) is 0 Å². The van der Waals surface area contributed by atoms with Crippen molar-refractivity contribution < 1.29 is 4.84 Å². The first-order valence-electron chi connectivity index (χ1n) is 3.71. The smallest absolute Gasteiger partial charge is 0.117 e. The van der Waals surface area contributed by atoms with Gasteiger partial charge in [-0.15, -0.1) is 0 Å². The van der Waals surface area contributed by atoms with E-state index >= 15 is 0 Å². The molecule has 1 aromatic rings. The third kappa shape index (κ3) is 1.38. The van der Waals surface area contributed by atoms with Crippen LogP contribution in [0, 0.1) is 0 Å². The fraction of sp³-hybridized carbons (Fsp3) is 0.111. The SMILES string of the molecule is Clc1cccc(N2CC=CO2)c1. The minimum absolute atomic E-state index is 0.725. The van der Waals surface area contributed by atoms with Gasteiger partial charge < -0.3 is 4.84 Å². The molecular formula is C9H8ClNO. The second-order valence-electron chi connectivity index (χ2n) is 2.52. The van der Waals surface area contributed by atoms with Gasteiger partial charge in [0.15, 0.2) is 0 Å². The molecule has 0 N–H and O–H groups in total. The molecular weight excluding hydrogens is 174 g/mol. The summed E-state index contributed by atoms with van der Waals surface area (Å²) in [5.74, 6) is 0. The van der Waals surface area contributed by atoms with Crippen LogP contribution >= 0.6 is 11.6 Å². The number of hydroxylamine groups is 1. The van der Waals surface area contributed by atoms with Crippen LogP contribution < -0.4 is 5.06 Å². The molecule has 2 rings (SSSR count). The topological polar surface area (TPSA) is 12.5 Å². The van der Waals surface area contributed by atoms with E-state index in [1.54, 1.807) is 11.3 Å². The van der Waals surface area contributed by atoms with Crippen molar-refractivity contribution in [1.29, 1.82) is 0 Å². The minimum atomic E-state index is 0.725. The van der Waals surface area contributed by atoms with Crippen LogP contribution in [0.2, 0.25) is 5.02 Å². The van der Waals surface area contributed by atoms with E-state index in [4.69, 9.17) is 16.4 Å². The van der Waals surface area contributed by atoms with Gasteiger partial charge in [0.1, 0.15) is 6.26 Å². The van der Waals surface area contributed by atoms with E-state index in [9.17, 15) is 0 Å². The van der Waals surface area contributed by atoms with Crippen LogP contribution in [0.1, 0.15) is 0 Å². The molecule has 3 heteroatoms. The first-order valence-corrected chi connectivity index (χ1v) is 4.09. The molecule has 0 saturated heterocycles. The van der Waals surface area contributed by atoms with Crippen LogP contribution in [0.3, 0.4) is 0 Å². The second kappa shape index (κ2) is 3.07. The number of anilines is 1. The predicted octanol–water partition coefficient (Wildman–Crippen LogP) is 2.61. The summed E-state index contributed by atoms with van der Waals surface area (Å²) in [5, 5.41) is 2.49. The van der Waals surface area contributed by atoms with Gasteiger partial charge in [0.25, 0.3) is 0 Å². The number of benzene rings is 1. The summed E-state index contributed by atoms with van der Waals surface area (Å²) in [6.45, 7) is 0.778. The summed E-state index contributed by atoms with van der Waals surface area (Å²) in [6, 6.07) is 7.57. The Kier molecular flexibility index (Phi) is 1.92. The zero-order chi connectivity index (χ0) is 8.39. The Hall–Kier alpha value is -1.15. The number of rotatable bonds is 1. The fourth-order valence-electron chi connectivity index (χ4n) is 1.10. The molecule has 1 aliphatic rings. The number of nitrogens with zero attached hydrogens (tertiary/aromatic N) is 1. The van der Waals surface area contributed by atoms with E-state index in [1.165, 1.54) is 0 Å². The van der Waals surface area contributed by atoms with Crippen molar-refractivity contribution >= 4 is 17.3 Å². The summed E-state index contributed by atoms with van der Waals surface area (Å²) in [6.07, 6.45) is 3.61. The van der Waals surface area contributed by atoms with Crippen LogP contribution in [0.5, 0.6) is 0 Å². The van der Waals surface area contributed by atoms with Gasteiger partial charge in [0.2, 0.25) is 0 Å². The Morgan fingerprint density at radius 3 is 3.00 bits per heavy atom. The highest BCUT2D eigenvalue weighted by Gasteiger charge is 2.08. The Morgan fingerprint density at radius 1 is 1.42 bits per heavy atom. The molecule has 0 atom stereocenters. The number of halogens is 1. The Labute approximate surface area is 76.0 Å². The van der Waals surface area contributed by atoms with E-state index in [0.717, 1.165) is 17.3 Å². The largest absolute Gasteiger partial charge is 0.387 e. The van der Waals surface area contributed by atoms with Gasteiger partial charge in [-0.3, -0.25) is 0 Å². The molecule has 0 amide bonds. The van der Waals surface area contributed by atoms with Gasteiger partial charge in [-0.2, -0.15) is 0 Å². The molecule has 0 bridgehead atoms. The predicted molar refractivity (Wildman–Crippen MR) is 49.0 cm³/mol. The van der Waals surface area contributed by atoms with Crippen molar-refractivity contribution in [3.63, 3.8) is 0 Å². The van der Waals surface area contributed by atoms with E-state index < -0.39 is 0 Å². The highest BCUT2D eigenvalue weighted by atomic mass is 35.5. The summed E-state index contributed by atoms with van der Waals surface area (Å²) >= 11 is 5.82. The fourth-order valence-corrected chi connectivity index (χ4v) is 1.28. The lowest BCUT2D eigenvalue weighted by molar-refractivity contribution is 0.246. The zero-order valence-corrected chi connectivity index (χ0v) is 7.16. The number of hydrogen-bond acceptors (Lipinski definition) is 2. The lowest BCUT2D eigenvalue weighted by Gasteiger charge is -2.15. The van der Waals surface area contributed by atoms with Crippen molar-refractivity contribution in [3.05, 3.63) is 41.6 Å². The average molecular weight is 182 g/mol. The molecule has 1 aliphatic heterocycles. The van der Waals surface area contributed by atoms with E-state index in [2.05, 4.69) is 0 Å². The molecule has 2 nitrogen and oxygen atoms in total. The molecule has 0 aliphatic carbocycles. The molecule has 12 heavy (non-hydrogen) atoms. The van der Waals surface area contributed by atoms with Gasteiger partial charge in [-0.1, -0.05) is 17.7 Å². The molecule has 0 fully saturated rings. The highest BCUT2D eigenvalue weighted by molar-refractivity contribution is 6.30. The van der Waals surface area contributed by atoms with Crippen molar-refractivity contribution in [1.82, 2.24) is 0 Å². The van der Waals surface area contributed by atoms with Crippen LogP contribution in [-0.4, -0.2) is 6.54 Å². The van der Waals surface area contributed by atoms with Gasteiger partial charge in [-0.25, -0.2) is 5.06 Å². The maximum atomic E-state index is 5.82. The Balaban J connectivity index is 2.22. The molecule has 0 unspecified atom stereocenters. The van der Waals surface area contributed by atoms with E-state index in [-0.39, 0.29) is 0 Å². The van der Waals surface area contributed by atoms with Crippen LogP contribution in [0.15, 0.2) is 36.6 Å². The van der Waals surface area contributed by atoms with E-state index in [0.29, 0.717) is 0 Å². The normalized spacial score (nSPS) is 14.9. The van der Waals surface area contributed by atoms with Gasteiger partial charge in [0.05, 0.1) is 12.2 Å². The quantitative estimate of drug-likeness (QED) is 0.661. The summed E-state index contributed by atoms with van der Waals surface area (Å²) in [7, 11) is 0. The molecule has 0 aromatic heterocycles. The van der Waals surface area contributed by atoms with Gasteiger partial charge >= 0.3 is 0 Å². The first kappa shape index (κ1) is 7.50. The lowest BCUT2D eigenvalue weighted by Crippen LogP contribution is -2.15. The van der Waals surface area contributed by atoms with Crippen LogP contribution in [0.4, 0.5) is 5.69 Å². The summed E-state index contributed by atoms with van der Waals surface area (Å²) in [5.41, 5.74) is 0.979.